The molecule has 0 aromatic rings. The Morgan fingerprint density at radius 3 is 0.385 bits per heavy atom. The van der Waals surface area contributed by atoms with Crippen molar-refractivity contribution in [1.29, 1.82) is 0 Å². The number of rotatable bonds is 76. The first-order chi connectivity index (χ1) is 44.5. The second-order valence-electron chi connectivity index (χ2n) is 29.1. The van der Waals surface area contributed by atoms with Gasteiger partial charge in [-0.05, 0) is 75.7 Å². The molecule has 0 saturated heterocycles. The standard InChI is InChI=1S/2C42H84N.H2O4S/c2*1-5-9-11-13-15-17-19-21-23-25-27-29-31-33-35-37-41-43(39-7-3,40-8-4)42-38-36-34-32-30-28-26-24-22-20-18-16-14-12-10-6-2;1-5(2,3)4/h2*7-8H,3-6,9-42H2,1-2H3;(H2,1,2,3,4)/q2*+1;/p-2. The van der Waals surface area contributed by atoms with Crippen molar-refractivity contribution in [3.63, 3.8) is 0 Å². The van der Waals surface area contributed by atoms with E-state index in [1.165, 1.54) is 446 Å². The molecule has 0 aliphatic heterocycles. The van der Waals surface area contributed by atoms with E-state index in [0.29, 0.717) is 0 Å². The Kier molecular flexibility index (Phi) is 82.0. The summed E-state index contributed by atoms with van der Waals surface area (Å²) in [5, 5.41) is 0. The maximum atomic E-state index is 8.52. The van der Waals surface area contributed by atoms with Crippen molar-refractivity contribution in [3.05, 3.63) is 50.6 Å². The van der Waals surface area contributed by atoms with E-state index in [0.717, 1.165) is 26.2 Å². The highest BCUT2D eigenvalue weighted by Crippen LogP contribution is 2.22. The van der Waals surface area contributed by atoms with Gasteiger partial charge in [0.1, 0.15) is 0 Å². The Hall–Kier alpha value is -1.25. The van der Waals surface area contributed by atoms with Crippen molar-refractivity contribution in [2.45, 2.75) is 439 Å². The van der Waals surface area contributed by atoms with E-state index in [1.54, 1.807) is 0 Å². The number of quaternary nitrogens is 2. The molecule has 0 aromatic carbocycles. The summed E-state index contributed by atoms with van der Waals surface area (Å²) in [6.07, 6.45) is 101. The van der Waals surface area contributed by atoms with E-state index in [2.05, 4.69) is 78.3 Å². The molecule has 0 spiro atoms. The molecule has 6 nitrogen and oxygen atoms in total. The number of hydrogen-bond donors (Lipinski definition) is 0. The quantitative estimate of drug-likeness (QED) is 0.0200. The van der Waals surface area contributed by atoms with Gasteiger partial charge in [0.25, 0.3) is 0 Å². The number of nitrogens with zero attached hydrogens (tertiary/aromatic N) is 2. The molecule has 544 valence electrons. The summed E-state index contributed by atoms with van der Waals surface area (Å²) < 4.78 is 36.5. The number of hydrogen-bond acceptors (Lipinski definition) is 4. The third kappa shape index (κ3) is 81.1. The fourth-order valence-electron chi connectivity index (χ4n) is 14.2. The van der Waals surface area contributed by atoms with Crippen molar-refractivity contribution >= 4 is 10.4 Å². The summed E-state index contributed by atoms with van der Waals surface area (Å²) in [6, 6.07) is 0. The lowest BCUT2D eigenvalue weighted by Gasteiger charge is -2.37. The van der Waals surface area contributed by atoms with Gasteiger partial charge >= 0.3 is 0 Å². The van der Waals surface area contributed by atoms with Crippen LogP contribution in [0.5, 0.6) is 0 Å². The Morgan fingerprint density at radius 2 is 0.297 bits per heavy atom. The van der Waals surface area contributed by atoms with E-state index in [4.69, 9.17) is 17.5 Å². The maximum absolute atomic E-state index is 8.52. The Morgan fingerprint density at radius 1 is 0.209 bits per heavy atom. The second-order valence-corrected chi connectivity index (χ2v) is 29.9. The van der Waals surface area contributed by atoms with Crippen LogP contribution in [-0.4, -0.2) is 78.8 Å². The highest BCUT2D eigenvalue weighted by Gasteiger charge is 2.25. The first kappa shape index (κ1) is 93.9. The van der Waals surface area contributed by atoms with E-state index in [-0.39, 0.29) is 0 Å². The lowest BCUT2D eigenvalue weighted by Crippen LogP contribution is -2.49. The average Bonchev–Trinajstić information content (AvgIpc) is 3.05. The van der Waals surface area contributed by atoms with Gasteiger partial charge < -0.3 is 18.1 Å². The van der Waals surface area contributed by atoms with Crippen LogP contribution in [0.25, 0.3) is 0 Å². The molecule has 0 rings (SSSR count). The Bertz CT molecular complexity index is 1320. The normalized spacial score (nSPS) is 11.8. The highest BCUT2D eigenvalue weighted by molar-refractivity contribution is 7.79. The molecule has 0 amide bonds. The summed E-state index contributed by atoms with van der Waals surface area (Å²) in [7, 11) is -5.17. The summed E-state index contributed by atoms with van der Waals surface area (Å²) in [5.41, 5.74) is 0. The predicted octanol–water partition coefficient (Wildman–Crippen LogP) is 28.1. The average molecular weight is 1300 g/mol. The zero-order chi connectivity index (χ0) is 67.2. The molecule has 0 aromatic heterocycles. The molecule has 0 bridgehead atoms. The van der Waals surface area contributed by atoms with E-state index >= 15 is 0 Å². The van der Waals surface area contributed by atoms with Crippen molar-refractivity contribution in [3.8, 4) is 0 Å². The minimum absolute atomic E-state index is 1.11. The van der Waals surface area contributed by atoms with Crippen molar-refractivity contribution in [2.75, 3.05) is 52.4 Å². The van der Waals surface area contributed by atoms with Crippen molar-refractivity contribution in [2.24, 2.45) is 0 Å². The molecule has 0 fully saturated rings. The molecule has 0 atom stereocenters. The summed E-state index contributed by atoms with van der Waals surface area (Å²) in [4.78, 5) is 0. The van der Waals surface area contributed by atoms with Crippen LogP contribution in [0.2, 0.25) is 0 Å². The first-order valence-electron chi connectivity index (χ1n) is 41.3. The van der Waals surface area contributed by atoms with E-state index in [1.807, 2.05) is 0 Å². The molecule has 7 heteroatoms. The fourth-order valence-corrected chi connectivity index (χ4v) is 14.2. The lowest BCUT2D eigenvalue weighted by atomic mass is 10.0. The van der Waals surface area contributed by atoms with Crippen LogP contribution in [0.1, 0.15) is 439 Å². The van der Waals surface area contributed by atoms with Gasteiger partial charge in [-0.1, -0.05) is 414 Å². The largest absolute Gasteiger partial charge is 0.759 e. The minimum atomic E-state index is -5.17. The van der Waals surface area contributed by atoms with E-state index in [9.17, 15) is 0 Å². The van der Waals surface area contributed by atoms with Crippen molar-refractivity contribution in [1.82, 2.24) is 0 Å². The molecule has 0 heterocycles. The highest BCUT2D eigenvalue weighted by atomic mass is 32.3. The molecule has 91 heavy (non-hydrogen) atoms. The van der Waals surface area contributed by atoms with Gasteiger partial charge in [-0.2, -0.15) is 0 Å². The van der Waals surface area contributed by atoms with Crippen molar-refractivity contribution < 1.29 is 26.5 Å². The molecular formula is C84H168N2O4S. The van der Waals surface area contributed by atoms with Gasteiger partial charge in [-0.25, -0.2) is 0 Å². The first-order valence-corrected chi connectivity index (χ1v) is 42.6. The van der Waals surface area contributed by atoms with Crippen LogP contribution in [0, 0.1) is 0 Å². The predicted molar refractivity (Wildman–Crippen MR) is 409 cm³/mol. The van der Waals surface area contributed by atoms with Gasteiger partial charge in [-0.15, -0.1) is 0 Å². The number of unbranched alkanes of at least 4 members (excludes halogenated alkanes) is 60. The van der Waals surface area contributed by atoms with Gasteiger partial charge in [0.15, 0.2) is 0 Å². The lowest BCUT2D eigenvalue weighted by molar-refractivity contribution is -0.917. The molecule has 0 unspecified atom stereocenters. The molecular weight excluding hydrogens is 1130 g/mol. The van der Waals surface area contributed by atoms with Crippen LogP contribution in [0.3, 0.4) is 0 Å². The molecule has 0 radical (unpaired) electrons. The summed E-state index contributed by atoms with van der Waals surface area (Å²) in [5.74, 6) is 0. The van der Waals surface area contributed by atoms with Gasteiger partial charge in [0.05, 0.1) is 52.4 Å². The van der Waals surface area contributed by atoms with Crippen LogP contribution in [0.15, 0.2) is 50.6 Å². The Balaban J connectivity index is -0.00000158. The Labute approximate surface area is 575 Å². The smallest absolute Gasteiger partial charge is 0.0973 e. The molecule has 0 aliphatic rings. The van der Waals surface area contributed by atoms with Gasteiger partial charge in [0.2, 0.25) is 0 Å². The third-order valence-corrected chi connectivity index (χ3v) is 20.0. The van der Waals surface area contributed by atoms with Crippen LogP contribution in [0.4, 0.5) is 0 Å². The summed E-state index contributed by atoms with van der Waals surface area (Å²) >= 11 is 0. The monoisotopic (exact) mass is 1300 g/mol. The third-order valence-electron chi connectivity index (χ3n) is 20.0. The molecule has 0 aliphatic carbocycles. The zero-order valence-electron chi connectivity index (χ0n) is 63.0. The fraction of sp³-hybridized carbons (Fsp3) is 0.905. The molecule has 0 N–H and O–H groups in total. The summed E-state index contributed by atoms with van der Waals surface area (Å²) in [6.45, 7) is 35.5. The second kappa shape index (κ2) is 79.4. The zero-order valence-corrected chi connectivity index (χ0v) is 63.8. The van der Waals surface area contributed by atoms with Crippen LogP contribution in [-0.2, 0) is 10.4 Å². The minimum Gasteiger partial charge on any atom is -0.759 e. The van der Waals surface area contributed by atoms with E-state index < -0.39 is 10.4 Å². The van der Waals surface area contributed by atoms with Gasteiger partial charge in [0, 0.05) is 10.4 Å². The van der Waals surface area contributed by atoms with Crippen LogP contribution >= 0.6 is 0 Å². The van der Waals surface area contributed by atoms with Gasteiger partial charge in [-0.3, -0.25) is 8.42 Å². The molecule has 0 saturated carbocycles. The van der Waals surface area contributed by atoms with Crippen LogP contribution < -0.4 is 0 Å². The maximum Gasteiger partial charge on any atom is 0.0973 e. The SMILES string of the molecule is C=CC[N+](CC=C)(CCCCCCCCCCCCCCCCCC)CCCCCCCCCCCCCCCCCC.C=CC[N+](CC=C)(CCCCCCCCCCCCCCCCCC)CCCCCCCCCCCCCCCCCC.O=S(=O)([O-])[O-]. The topological polar surface area (TPSA) is 80.3 Å².